The lowest BCUT2D eigenvalue weighted by Crippen LogP contribution is -2.44. The fourth-order valence-electron chi connectivity index (χ4n) is 0.958. The average molecular weight is 248 g/mol. The molecule has 0 aromatic heterocycles. The first-order valence-electron chi connectivity index (χ1n) is 4.41. The van der Waals surface area contributed by atoms with Crippen molar-refractivity contribution < 1.29 is 21.6 Å². The van der Waals surface area contributed by atoms with Gasteiger partial charge in [0.25, 0.3) is 0 Å². The molecule has 0 saturated heterocycles. The largest absolute Gasteiger partial charge is 0.402 e. The highest BCUT2D eigenvalue weighted by atomic mass is 32.2. The van der Waals surface area contributed by atoms with Gasteiger partial charge in [-0.1, -0.05) is 6.92 Å². The zero-order valence-electron chi connectivity index (χ0n) is 8.58. The van der Waals surface area contributed by atoms with E-state index in [0.29, 0.717) is 4.31 Å². The summed E-state index contributed by atoms with van der Waals surface area (Å²) in [6, 6.07) is 0. The SMILES string of the molecule is CCN(CC(F)(F)F)S(=O)(=O)C(C)CN. The van der Waals surface area contributed by atoms with Crippen molar-refractivity contribution in [2.24, 2.45) is 5.73 Å². The molecule has 0 aliphatic rings. The lowest BCUT2D eigenvalue weighted by molar-refractivity contribution is -0.135. The zero-order chi connectivity index (χ0) is 12.3. The minimum absolute atomic E-state index is 0.198. The molecule has 0 rings (SSSR count). The first-order valence-corrected chi connectivity index (χ1v) is 5.91. The molecule has 0 fully saturated rings. The summed E-state index contributed by atoms with van der Waals surface area (Å²) in [6.45, 7) is 0.764. The Morgan fingerprint density at radius 2 is 1.87 bits per heavy atom. The Hall–Kier alpha value is -0.340. The van der Waals surface area contributed by atoms with Crippen LogP contribution in [0.1, 0.15) is 13.8 Å². The van der Waals surface area contributed by atoms with E-state index in [4.69, 9.17) is 5.73 Å². The number of rotatable bonds is 5. The molecule has 0 amide bonds. The van der Waals surface area contributed by atoms with E-state index in [1.54, 1.807) is 0 Å². The summed E-state index contributed by atoms with van der Waals surface area (Å²) in [5, 5.41) is -1.00. The average Bonchev–Trinajstić information content (AvgIpc) is 2.10. The molecular formula is C7H15F3N2O2S. The van der Waals surface area contributed by atoms with E-state index in [2.05, 4.69) is 0 Å². The predicted octanol–water partition coefficient (Wildman–Crippen LogP) is 0.548. The third-order valence-corrected chi connectivity index (χ3v) is 4.23. The molecular weight excluding hydrogens is 233 g/mol. The van der Waals surface area contributed by atoms with Crippen LogP contribution in [0.25, 0.3) is 0 Å². The standard InChI is InChI=1S/C7H15F3N2O2S/c1-3-12(5-7(8,9)10)15(13,14)6(2)4-11/h6H,3-5,11H2,1-2H3. The van der Waals surface area contributed by atoms with Gasteiger partial charge in [-0.3, -0.25) is 0 Å². The Morgan fingerprint density at radius 3 is 2.13 bits per heavy atom. The lowest BCUT2D eigenvalue weighted by atomic mass is 10.5. The summed E-state index contributed by atoms with van der Waals surface area (Å²) in [4.78, 5) is 0. The number of nitrogens with two attached hydrogens (primary N) is 1. The number of halogens is 3. The van der Waals surface area contributed by atoms with Gasteiger partial charge >= 0.3 is 6.18 Å². The minimum atomic E-state index is -4.53. The van der Waals surface area contributed by atoms with Gasteiger partial charge in [0.1, 0.15) is 6.54 Å². The van der Waals surface area contributed by atoms with Crippen molar-refractivity contribution in [2.45, 2.75) is 25.3 Å². The summed E-state index contributed by atoms with van der Waals surface area (Å²) < 4.78 is 59.6. The van der Waals surface area contributed by atoms with Gasteiger partial charge in [-0.2, -0.15) is 17.5 Å². The number of sulfonamides is 1. The fourth-order valence-corrected chi connectivity index (χ4v) is 2.40. The molecule has 8 heteroatoms. The van der Waals surface area contributed by atoms with Crippen LogP contribution in [-0.4, -0.2) is 43.8 Å². The molecule has 15 heavy (non-hydrogen) atoms. The van der Waals surface area contributed by atoms with Gasteiger partial charge in [-0.05, 0) is 6.92 Å². The summed E-state index contributed by atoms with van der Waals surface area (Å²) in [6.07, 6.45) is -4.53. The first-order chi connectivity index (χ1) is 6.65. The van der Waals surface area contributed by atoms with Crippen LogP contribution in [0.5, 0.6) is 0 Å². The van der Waals surface area contributed by atoms with Crippen LogP contribution in [0.15, 0.2) is 0 Å². The lowest BCUT2D eigenvalue weighted by Gasteiger charge is -2.24. The van der Waals surface area contributed by atoms with Gasteiger partial charge in [0.15, 0.2) is 0 Å². The van der Waals surface area contributed by atoms with Crippen LogP contribution in [0.4, 0.5) is 13.2 Å². The highest BCUT2D eigenvalue weighted by Gasteiger charge is 2.37. The number of nitrogens with zero attached hydrogens (tertiary/aromatic N) is 1. The quantitative estimate of drug-likeness (QED) is 0.772. The molecule has 2 N–H and O–H groups in total. The topological polar surface area (TPSA) is 63.4 Å². The van der Waals surface area contributed by atoms with E-state index in [-0.39, 0.29) is 13.1 Å². The van der Waals surface area contributed by atoms with Crippen molar-refractivity contribution >= 4 is 10.0 Å². The summed E-state index contributed by atoms with van der Waals surface area (Å²) in [5.41, 5.74) is 5.13. The van der Waals surface area contributed by atoms with Crippen LogP contribution in [0, 0.1) is 0 Å². The molecule has 4 nitrogen and oxygen atoms in total. The highest BCUT2D eigenvalue weighted by Crippen LogP contribution is 2.19. The molecule has 0 radical (unpaired) electrons. The van der Waals surface area contributed by atoms with Crippen molar-refractivity contribution in [2.75, 3.05) is 19.6 Å². The minimum Gasteiger partial charge on any atom is -0.329 e. The molecule has 0 saturated carbocycles. The van der Waals surface area contributed by atoms with Crippen LogP contribution in [0.3, 0.4) is 0 Å². The second-order valence-electron chi connectivity index (χ2n) is 3.13. The van der Waals surface area contributed by atoms with E-state index in [0.717, 1.165) is 0 Å². The van der Waals surface area contributed by atoms with Gasteiger partial charge in [-0.15, -0.1) is 0 Å². The van der Waals surface area contributed by atoms with E-state index < -0.39 is 28.0 Å². The third-order valence-electron chi connectivity index (χ3n) is 1.91. The van der Waals surface area contributed by atoms with Crippen LogP contribution < -0.4 is 5.73 Å². The summed E-state index contributed by atoms with van der Waals surface area (Å²) in [5.74, 6) is 0. The molecule has 0 aromatic carbocycles. The third kappa shape index (κ3) is 4.35. The Bertz CT molecular complexity index is 289. The molecule has 1 atom stereocenters. The monoisotopic (exact) mass is 248 g/mol. The Balaban J connectivity index is 4.83. The van der Waals surface area contributed by atoms with Crippen LogP contribution in [-0.2, 0) is 10.0 Å². The Morgan fingerprint density at radius 1 is 1.40 bits per heavy atom. The van der Waals surface area contributed by atoms with E-state index >= 15 is 0 Å². The molecule has 0 spiro atoms. The van der Waals surface area contributed by atoms with Gasteiger partial charge in [-0.25, -0.2) is 8.42 Å². The Labute approximate surface area is 87.3 Å². The van der Waals surface area contributed by atoms with Crippen LogP contribution >= 0.6 is 0 Å². The van der Waals surface area contributed by atoms with Crippen molar-refractivity contribution in [3.05, 3.63) is 0 Å². The maximum atomic E-state index is 12.1. The van der Waals surface area contributed by atoms with E-state index in [1.165, 1.54) is 13.8 Å². The highest BCUT2D eigenvalue weighted by molar-refractivity contribution is 7.89. The molecule has 0 bridgehead atoms. The maximum Gasteiger partial charge on any atom is 0.402 e. The van der Waals surface area contributed by atoms with Crippen LogP contribution in [0.2, 0.25) is 0 Å². The second kappa shape index (κ2) is 5.13. The molecule has 0 aromatic rings. The Kier molecular flexibility index (Phi) is 5.01. The van der Waals surface area contributed by atoms with Crippen molar-refractivity contribution in [1.82, 2.24) is 4.31 Å². The molecule has 92 valence electrons. The molecule has 0 aliphatic heterocycles. The first kappa shape index (κ1) is 14.7. The second-order valence-corrected chi connectivity index (χ2v) is 5.48. The number of hydrogen-bond acceptors (Lipinski definition) is 3. The fraction of sp³-hybridized carbons (Fsp3) is 1.00. The molecule has 0 heterocycles. The van der Waals surface area contributed by atoms with E-state index in [9.17, 15) is 21.6 Å². The summed E-state index contributed by atoms with van der Waals surface area (Å²) in [7, 11) is -3.95. The van der Waals surface area contributed by atoms with Crippen molar-refractivity contribution in [1.29, 1.82) is 0 Å². The van der Waals surface area contributed by atoms with E-state index in [1.807, 2.05) is 0 Å². The molecule has 0 aliphatic carbocycles. The number of alkyl halides is 3. The van der Waals surface area contributed by atoms with Gasteiger partial charge in [0, 0.05) is 13.1 Å². The summed E-state index contributed by atoms with van der Waals surface area (Å²) >= 11 is 0. The normalized spacial score (nSPS) is 15.7. The van der Waals surface area contributed by atoms with Gasteiger partial charge in [0.05, 0.1) is 5.25 Å². The number of hydrogen-bond donors (Lipinski definition) is 1. The van der Waals surface area contributed by atoms with Crippen molar-refractivity contribution in [3.63, 3.8) is 0 Å². The maximum absolute atomic E-state index is 12.1. The van der Waals surface area contributed by atoms with Crippen molar-refractivity contribution in [3.8, 4) is 0 Å². The predicted molar refractivity (Wildman–Crippen MR) is 50.7 cm³/mol. The molecule has 1 unspecified atom stereocenters. The van der Waals surface area contributed by atoms with Gasteiger partial charge in [0.2, 0.25) is 10.0 Å². The zero-order valence-corrected chi connectivity index (χ0v) is 9.40. The smallest absolute Gasteiger partial charge is 0.329 e. The van der Waals surface area contributed by atoms with Gasteiger partial charge < -0.3 is 5.73 Å².